The van der Waals surface area contributed by atoms with E-state index >= 15 is 0 Å². The number of carbonyl (C=O) groups excluding carboxylic acids is 1. The fourth-order valence-corrected chi connectivity index (χ4v) is 1.88. The van der Waals surface area contributed by atoms with Crippen LogP contribution in [-0.2, 0) is 11.2 Å². The highest BCUT2D eigenvalue weighted by molar-refractivity contribution is 6.17. The largest absolute Gasteiger partial charge is 0.361 e. The van der Waals surface area contributed by atoms with Gasteiger partial charge < -0.3 is 10.3 Å². The van der Waals surface area contributed by atoms with Crippen molar-refractivity contribution >= 4 is 28.4 Å². The summed E-state index contributed by atoms with van der Waals surface area (Å²) >= 11 is 5.54. The third-order valence-corrected chi connectivity index (χ3v) is 2.88. The lowest BCUT2D eigenvalue weighted by molar-refractivity contribution is -0.120. The third kappa shape index (κ3) is 3.24. The number of benzene rings is 1. The number of fused-ring (bicyclic) bond motifs is 1. The molecule has 0 saturated carbocycles. The summed E-state index contributed by atoms with van der Waals surface area (Å²) in [6.07, 6.45) is 3.12. The summed E-state index contributed by atoms with van der Waals surface area (Å²) in [6, 6.07) is 8.03. The van der Waals surface area contributed by atoms with E-state index in [1.807, 2.05) is 30.5 Å². The van der Waals surface area contributed by atoms with Crippen LogP contribution in [0, 0.1) is 0 Å². The van der Waals surface area contributed by atoms with Crippen LogP contribution < -0.4 is 5.32 Å². The molecule has 1 aromatic carbocycles. The number of alkyl halides is 1. The molecule has 3 nitrogen and oxygen atoms in total. The van der Waals surface area contributed by atoms with Gasteiger partial charge in [-0.1, -0.05) is 12.1 Å². The number of amides is 1. The molecule has 2 aromatic rings. The summed E-state index contributed by atoms with van der Waals surface area (Å²) in [5.74, 6) is 0.621. The average molecular weight is 251 g/mol. The van der Waals surface area contributed by atoms with Gasteiger partial charge in [-0.15, -0.1) is 11.6 Å². The van der Waals surface area contributed by atoms with Crippen LogP contribution in [0.2, 0.25) is 0 Å². The number of aromatic nitrogens is 1. The Balaban J connectivity index is 1.95. The molecule has 0 atom stereocenters. The van der Waals surface area contributed by atoms with Gasteiger partial charge in [0.15, 0.2) is 0 Å². The van der Waals surface area contributed by atoms with Crippen molar-refractivity contribution < 1.29 is 4.79 Å². The highest BCUT2D eigenvalue weighted by Crippen LogP contribution is 2.14. The highest BCUT2D eigenvalue weighted by Gasteiger charge is 2.03. The third-order valence-electron chi connectivity index (χ3n) is 2.62. The van der Waals surface area contributed by atoms with Gasteiger partial charge in [0.1, 0.15) is 0 Å². The molecule has 0 radical (unpaired) electrons. The molecule has 2 N–H and O–H groups in total. The standard InChI is InChI=1S/C13H15ClN2O/c14-5-1-6-16-13(17)9-10-2-3-11-4-7-15-12(11)8-10/h2-4,7-8,15H,1,5-6,9H2,(H,16,17). The van der Waals surface area contributed by atoms with Crippen LogP contribution in [0.4, 0.5) is 0 Å². The fourth-order valence-electron chi connectivity index (χ4n) is 1.75. The molecule has 2 rings (SSSR count). The molecule has 0 saturated heterocycles. The normalized spacial score (nSPS) is 10.6. The minimum absolute atomic E-state index is 0.0426. The summed E-state index contributed by atoms with van der Waals surface area (Å²) in [5.41, 5.74) is 2.08. The second-order valence-corrected chi connectivity index (χ2v) is 4.35. The lowest BCUT2D eigenvalue weighted by Crippen LogP contribution is -2.26. The molecule has 0 aliphatic carbocycles. The van der Waals surface area contributed by atoms with Crippen molar-refractivity contribution in [3.8, 4) is 0 Å². The second-order valence-electron chi connectivity index (χ2n) is 3.97. The van der Waals surface area contributed by atoms with Crippen LogP contribution in [-0.4, -0.2) is 23.3 Å². The lowest BCUT2D eigenvalue weighted by Gasteiger charge is -2.04. The van der Waals surface area contributed by atoms with E-state index in [0.717, 1.165) is 22.9 Å². The Hall–Kier alpha value is -1.48. The second kappa shape index (κ2) is 5.73. The zero-order valence-corrected chi connectivity index (χ0v) is 10.3. The number of carbonyl (C=O) groups is 1. The molecule has 0 spiro atoms. The van der Waals surface area contributed by atoms with Crippen molar-refractivity contribution in [3.05, 3.63) is 36.0 Å². The van der Waals surface area contributed by atoms with E-state index in [2.05, 4.69) is 10.3 Å². The molecule has 0 aliphatic rings. The highest BCUT2D eigenvalue weighted by atomic mass is 35.5. The van der Waals surface area contributed by atoms with Crippen molar-refractivity contribution in [2.45, 2.75) is 12.8 Å². The lowest BCUT2D eigenvalue weighted by atomic mass is 10.1. The average Bonchev–Trinajstić information content (AvgIpc) is 2.76. The van der Waals surface area contributed by atoms with Crippen LogP contribution in [0.1, 0.15) is 12.0 Å². The summed E-state index contributed by atoms with van der Waals surface area (Å²) in [4.78, 5) is 14.7. The Bertz CT molecular complexity index is 507. The molecule has 0 aliphatic heterocycles. The first-order valence-electron chi connectivity index (χ1n) is 5.68. The topological polar surface area (TPSA) is 44.9 Å². The van der Waals surface area contributed by atoms with Gasteiger partial charge in [-0.25, -0.2) is 0 Å². The van der Waals surface area contributed by atoms with Gasteiger partial charge in [-0.2, -0.15) is 0 Å². The predicted octanol–water partition coefficient (Wildman–Crippen LogP) is 2.46. The molecule has 0 bridgehead atoms. The van der Waals surface area contributed by atoms with Gasteiger partial charge >= 0.3 is 0 Å². The van der Waals surface area contributed by atoms with Gasteiger partial charge in [0.05, 0.1) is 6.42 Å². The number of rotatable bonds is 5. The van der Waals surface area contributed by atoms with Gasteiger partial charge in [0, 0.05) is 24.1 Å². The quantitative estimate of drug-likeness (QED) is 0.621. The Labute approximate surface area is 105 Å². The Kier molecular flexibility index (Phi) is 4.04. The van der Waals surface area contributed by atoms with E-state index in [4.69, 9.17) is 11.6 Å². The summed E-state index contributed by atoms with van der Waals surface area (Å²) in [6.45, 7) is 0.646. The van der Waals surface area contributed by atoms with Gasteiger partial charge in [0.2, 0.25) is 5.91 Å². The number of hydrogen-bond acceptors (Lipinski definition) is 1. The predicted molar refractivity (Wildman–Crippen MR) is 70.3 cm³/mol. The summed E-state index contributed by atoms with van der Waals surface area (Å²) in [5, 5.41) is 4.00. The van der Waals surface area contributed by atoms with Gasteiger partial charge in [0.25, 0.3) is 0 Å². The molecule has 0 unspecified atom stereocenters. The van der Waals surface area contributed by atoms with E-state index in [0.29, 0.717) is 18.8 Å². The van der Waals surface area contributed by atoms with E-state index in [-0.39, 0.29) is 5.91 Å². The van der Waals surface area contributed by atoms with E-state index in [1.165, 1.54) is 0 Å². The fraction of sp³-hybridized carbons (Fsp3) is 0.308. The molecular formula is C13H15ClN2O. The smallest absolute Gasteiger partial charge is 0.224 e. The van der Waals surface area contributed by atoms with Gasteiger partial charge in [-0.05, 0) is 29.5 Å². The van der Waals surface area contributed by atoms with Crippen molar-refractivity contribution in [2.24, 2.45) is 0 Å². The molecular weight excluding hydrogens is 236 g/mol. The molecule has 4 heteroatoms. The zero-order valence-electron chi connectivity index (χ0n) is 9.50. The minimum Gasteiger partial charge on any atom is -0.361 e. The molecule has 0 fully saturated rings. The van der Waals surface area contributed by atoms with Crippen LogP contribution in [0.5, 0.6) is 0 Å². The summed E-state index contributed by atoms with van der Waals surface area (Å²) in [7, 11) is 0. The van der Waals surface area contributed by atoms with Gasteiger partial charge in [-0.3, -0.25) is 4.79 Å². The maximum Gasteiger partial charge on any atom is 0.224 e. The first kappa shape index (κ1) is 12.0. The number of hydrogen-bond donors (Lipinski definition) is 2. The number of H-pyrrole nitrogens is 1. The van der Waals surface area contributed by atoms with Crippen LogP contribution in [0.3, 0.4) is 0 Å². The van der Waals surface area contributed by atoms with Crippen molar-refractivity contribution in [1.82, 2.24) is 10.3 Å². The number of nitrogens with one attached hydrogen (secondary N) is 2. The maximum atomic E-state index is 11.6. The Morgan fingerprint density at radius 2 is 2.24 bits per heavy atom. The Morgan fingerprint density at radius 1 is 1.35 bits per heavy atom. The molecule has 1 heterocycles. The van der Waals surface area contributed by atoms with Crippen LogP contribution >= 0.6 is 11.6 Å². The van der Waals surface area contributed by atoms with Crippen LogP contribution in [0.25, 0.3) is 10.9 Å². The van der Waals surface area contributed by atoms with Crippen molar-refractivity contribution in [2.75, 3.05) is 12.4 Å². The van der Waals surface area contributed by atoms with Crippen LogP contribution in [0.15, 0.2) is 30.5 Å². The molecule has 1 amide bonds. The van der Waals surface area contributed by atoms with E-state index in [1.54, 1.807) is 0 Å². The summed E-state index contributed by atoms with van der Waals surface area (Å²) < 4.78 is 0. The Morgan fingerprint density at radius 3 is 3.06 bits per heavy atom. The molecule has 17 heavy (non-hydrogen) atoms. The number of halogens is 1. The first-order chi connectivity index (χ1) is 8.29. The monoisotopic (exact) mass is 250 g/mol. The SMILES string of the molecule is O=C(Cc1ccc2cc[nH]c2c1)NCCCCl. The molecule has 90 valence electrons. The molecule has 1 aromatic heterocycles. The maximum absolute atomic E-state index is 11.6. The van der Waals surface area contributed by atoms with E-state index < -0.39 is 0 Å². The minimum atomic E-state index is 0.0426. The van der Waals surface area contributed by atoms with Crippen molar-refractivity contribution in [3.63, 3.8) is 0 Å². The van der Waals surface area contributed by atoms with E-state index in [9.17, 15) is 4.79 Å². The number of aromatic amines is 1. The first-order valence-corrected chi connectivity index (χ1v) is 6.22. The zero-order chi connectivity index (χ0) is 12.1. The van der Waals surface area contributed by atoms with Crippen molar-refractivity contribution in [1.29, 1.82) is 0 Å².